The molecule has 6 heteroatoms. The molecule has 0 saturated heterocycles. The molecular formula is C23H23FN4O. The van der Waals surface area contributed by atoms with Gasteiger partial charge in [-0.05, 0) is 53.9 Å². The van der Waals surface area contributed by atoms with Crippen molar-refractivity contribution in [1.82, 2.24) is 19.1 Å². The second kappa shape index (κ2) is 7.91. The van der Waals surface area contributed by atoms with Crippen molar-refractivity contribution >= 4 is 11.4 Å². The van der Waals surface area contributed by atoms with Crippen molar-refractivity contribution in [2.24, 2.45) is 0 Å². The zero-order chi connectivity index (χ0) is 20.4. The first-order valence-corrected chi connectivity index (χ1v) is 9.75. The lowest BCUT2D eigenvalue weighted by atomic mass is 10.1. The highest BCUT2D eigenvalue weighted by molar-refractivity contribution is 5.92. The Labute approximate surface area is 169 Å². The maximum atomic E-state index is 13.6. The van der Waals surface area contributed by atoms with Crippen LogP contribution in [0.4, 0.5) is 4.39 Å². The van der Waals surface area contributed by atoms with Crippen LogP contribution < -0.4 is 0 Å². The summed E-state index contributed by atoms with van der Waals surface area (Å²) in [5.74, 6) is 0.463. The van der Waals surface area contributed by atoms with Gasteiger partial charge in [0.05, 0.1) is 0 Å². The van der Waals surface area contributed by atoms with Gasteiger partial charge < -0.3 is 9.30 Å². The SMILES string of the molecule is CCCCN(C)C(=O)c1ccn(-c2ccc3ccc(-c4cccc(F)c4)cn23)n1. The molecule has 0 aliphatic rings. The van der Waals surface area contributed by atoms with Crippen molar-refractivity contribution in [3.05, 3.63) is 78.5 Å². The molecule has 3 aromatic heterocycles. The lowest BCUT2D eigenvalue weighted by Crippen LogP contribution is -2.28. The van der Waals surface area contributed by atoms with Gasteiger partial charge in [0.2, 0.25) is 0 Å². The summed E-state index contributed by atoms with van der Waals surface area (Å²) >= 11 is 0. The third-order valence-electron chi connectivity index (χ3n) is 5.02. The summed E-state index contributed by atoms with van der Waals surface area (Å²) in [6.07, 6.45) is 5.75. The molecule has 0 saturated carbocycles. The smallest absolute Gasteiger partial charge is 0.274 e. The van der Waals surface area contributed by atoms with Crippen LogP contribution in [0.3, 0.4) is 0 Å². The molecule has 1 aromatic carbocycles. The van der Waals surface area contributed by atoms with E-state index in [9.17, 15) is 9.18 Å². The highest BCUT2D eigenvalue weighted by Gasteiger charge is 2.16. The number of amides is 1. The van der Waals surface area contributed by atoms with Gasteiger partial charge in [-0.1, -0.05) is 31.5 Å². The van der Waals surface area contributed by atoms with Crippen LogP contribution in [0.15, 0.2) is 67.0 Å². The Morgan fingerprint density at radius 1 is 1.10 bits per heavy atom. The Bertz CT molecular complexity index is 1160. The Hall–Kier alpha value is -3.41. The average Bonchev–Trinajstić information content (AvgIpc) is 3.37. The monoisotopic (exact) mass is 390 g/mol. The standard InChI is InChI=1S/C23H23FN4O/c1-3-4-13-26(2)23(29)21-12-14-28(25-21)22-11-10-20-9-8-18(16-27(20)22)17-6-5-7-19(24)15-17/h5-12,14-16H,3-4,13H2,1-2H3. The minimum Gasteiger partial charge on any atom is -0.340 e. The number of unbranched alkanes of at least 4 members (excludes halogenated alkanes) is 1. The summed E-state index contributed by atoms with van der Waals surface area (Å²) < 4.78 is 17.3. The van der Waals surface area contributed by atoms with Crippen molar-refractivity contribution in [2.45, 2.75) is 19.8 Å². The van der Waals surface area contributed by atoms with Gasteiger partial charge in [0.15, 0.2) is 5.69 Å². The number of nitrogens with zero attached hydrogens (tertiary/aromatic N) is 4. The Morgan fingerprint density at radius 2 is 1.93 bits per heavy atom. The summed E-state index contributed by atoms with van der Waals surface area (Å²) in [5, 5.41) is 4.49. The molecule has 0 N–H and O–H groups in total. The number of halogens is 1. The first-order chi connectivity index (χ1) is 14.1. The van der Waals surface area contributed by atoms with Gasteiger partial charge in [0.1, 0.15) is 11.6 Å². The highest BCUT2D eigenvalue weighted by Crippen LogP contribution is 2.23. The van der Waals surface area contributed by atoms with Crippen LogP contribution in [0.1, 0.15) is 30.3 Å². The molecule has 0 spiro atoms. The first kappa shape index (κ1) is 18.9. The van der Waals surface area contributed by atoms with Gasteiger partial charge in [0, 0.05) is 31.5 Å². The fourth-order valence-corrected chi connectivity index (χ4v) is 3.37. The van der Waals surface area contributed by atoms with E-state index in [1.807, 2.05) is 40.9 Å². The van der Waals surface area contributed by atoms with Crippen molar-refractivity contribution in [1.29, 1.82) is 0 Å². The second-order valence-corrected chi connectivity index (χ2v) is 7.14. The number of hydrogen-bond donors (Lipinski definition) is 0. The van der Waals surface area contributed by atoms with Gasteiger partial charge >= 0.3 is 0 Å². The minimum absolute atomic E-state index is 0.0847. The molecule has 0 aliphatic heterocycles. The van der Waals surface area contributed by atoms with Gasteiger partial charge in [-0.15, -0.1) is 0 Å². The summed E-state index contributed by atoms with van der Waals surface area (Å²) in [6, 6.07) is 16.2. The van der Waals surface area contributed by atoms with Crippen LogP contribution in [0.5, 0.6) is 0 Å². The van der Waals surface area contributed by atoms with Crippen molar-refractivity contribution in [3.63, 3.8) is 0 Å². The average molecular weight is 390 g/mol. The fraction of sp³-hybridized carbons (Fsp3) is 0.217. The zero-order valence-corrected chi connectivity index (χ0v) is 16.5. The number of benzene rings is 1. The lowest BCUT2D eigenvalue weighted by Gasteiger charge is -2.14. The van der Waals surface area contributed by atoms with E-state index >= 15 is 0 Å². The molecule has 0 fully saturated rings. The van der Waals surface area contributed by atoms with Crippen LogP contribution in [0, 0.1) is 5.82 Å². The van der Waals surface area contributed by atoms with E-state index in [2.05, 4.69) is 12.0 Å². The van der Waals surface area contributed by atoms with E-state index in [0.29, 0.717) is 12.2 Å². The van der Waals surface area contributed by atoms with E-state index in [-0.39, 0.29) is 11.7 Å². The van der Waals surface area contributed by atoms with Crippen LogP contribution in [-0.4, -0.2) is 38.6 Å². The molecule has 148 valence electrons. The van der Waals surface area contributed by atoms with E-state index in [4.69, 9.17) is 0 Å². The normalized spacial score (nSPS) is 11.1. The van der Waals surface area contributed by atoms with Gasteiger partial charge in [0.25, 0.3) is 5.91 Å². The van der Waals surface area contributed by atoms with Gasteiger partial charge in [-0.25, -0.2) is 9.07 Å². The number of hydrogen-bond acceptors (Lipinski definition) is 2. The van der Waals surface area contributed by atoms with E-state index in [0.717, 1.165) is 35.3 Å². The minimum atomic E-state index is -0.266. The number of fused-ring (bicyclic) bond motifs is 1. The van der Waals surface area contributed by atoms with Crippen molar-refractivity contribution in [2.75, 3.05) is 13.6 Å². The molecule has 4 aromatic rings. The van der Waals surface area contributed by atoms with Crippen LogP contribution in [0.2, 0.25) is 0 Å². The predicted molar refractivity (Wildman–Crippen MR) is 112 cm³/mol. The third kappa shape index (κ3) is 3.78. The quantitative estimate of drug-likeness (QED) is 0.474. The largest absolute Gasteiger partial charge is 0.340 e. The van der Waals surface area contributed by atoms with Crippen LogP contribution in [-0.2, 0) is 0 Å². The van der Waals surface area contributed by atoms with Gasteiger partial charge in [-0.3, -0.25) is 4.79 Å². The maximum Gasteiger partial charge on any atom is 0.274 e. The lowest BCUT2D eigenvalue weighted by molar-refractivity contribution is 0.0787. The predicted octanol–water partition coefficient (Wildman–Crippen LogP) is 4.80. The Balaban J connectivity index is 1.67. The molecule has 0 bridgehead atoms. The second-order valence-electron chi connectivity index (χ2n) is 7.14. The molecule has 29 heavy (non-hydrogen) atoms. The van der Waals surface area contributed by atoms with Gasteiger partial charge in [-0.2, -0.15) is 5.10 Å². The summed E-state index contributed by atoms with van der Waals surface area (Å²) in [6.45, 7) is 2.82. The summed E-state index contributed by atoms with van der Waals surface area (Å²) in [4.78, 5) is 14.3. The topological polar surface area (TPSA) is 42.5 Å². The summed E-state index contributed by atoms with van der Waals surface area (Å²) in [7, 11) is 1.80. The molecular weight excluding hydrogens is 367 g/mol. The molecule has 0 unspecified atom stereocenters. The zero-order valence-electron chi connectivity index (χ0n) is 16.5. The third-order valence-corrected chi connectivity index (χ3v) is 5.02. The first-order valence-electron chi connectivity index (χ1n) is 9.75. The van der Waals surface area contributed by atoms with Crippen LogP contribution in [0.25, 0.3) is 22.5 Å². The van der Waals surface area contributed by atoms with Crippen LogP contribution >= 0.6 is 0 Å². The molecule has 3 heterocycles. The number of aromatic nitrogens is 3. The van der Waals surface area contributed by atoms with E-state index < -0.39 is 0 Å². The summed E-state index contributed by atoms with van der Waals surface area (Å²) in [5.41, 5.74) is 3.11. The van der Waals surface area contributed by atoms with Crippen molar-refractivity contribution < 1.29 is 9.18 Å². The molecule has 0 radical (unpaired) electrons. The maximum absolute atomic E-state index is 13.6. The van der Waals surface area contributed by atoms with E-state index in [1.54, 1.807) is 35.0 Å². The number of rotatable bonds is 6. The molecule has 5 nitrogen and oxygen atoms in total. The highest BCUT2D eigenvalue weighted by atomic mass is 19.1. The Kier molecular flexibility index (Phi) is 5.16. The number of carbonyl (C=O) groups is 1. The van der Waals surface area contributed by atoms with E-state index in [1.165, 1.54) is 12.1 Å². The van der Waals surface area contributed by atoms with Crippen molar-refractivity contribution in [3.8, 4) is 16.9 Å². The molecule has 4 rings (SSSR count). The molecule has 0 atom stereocenters. The fourth-order valence-electron chi connectivity index (χ4n) is 3.37. The number of carbonyl (C=O) groups excluding carboxylic acids is 1. The molecule has 1 amide bonds. The molecule has 0 aliphatic carbocycles. The Morgan fingerprint density at radius 3 is 2.72 bits per heavy atom. The number of pyridine rings is 1.